The summed E-state index contributed by atoms with van der Waals surface area (Å²) in [6, 6.07) is 5.39. The number of nitrogens with one attached hydrogen (secondary N) is 2. The molecule has 0 fully saturated rings. The lowest BCUT2D eigenvalue weighted by atomic mass is 9.92. The van der Waals surface area contributed by atoms with Gasteiger partial charge in [-0.05, 0) is 31.0 Å². The number of rotatable bonds is 7. The largest absolute Gasteiger partial charge is 0.388 e. The van der Waals surface area contributed by atoms with Crippen LogP contribution in [-0.2, 0) is 0 Å². The van der Waals surface area contributed by atoms with Gasteiger partial charge in [-0.3, -0.25) is 9.89 Å². The molecule has 0 aliphatic carbocycles. The van der Waals surface area contributed by atoms with Crippen molar-refractivity contribution in [1.82, 2.24) is 15.5 Å². The van der Waals surface area contributed by atoms with Gasteiger partial charge in [0.2, 0.25) is 0 Å². The highest BCUT2D eigenvalue weighted by atomic mass is 16.3. The van der Waals surface area contributed by atoms with Crippen molar-refractivity contribution in [3.8, 4) is 0 Å². The highest BCUT2D eigenvalue weighted by Crippen LogP contribution is 2.19. The van der Waals surface area contributed by atoms with Gasteiger partial charge in [0.15, 0.2) is 0 Å². The molecule has 1 amide bonds. The summed E-state index contributed by atoms with van der Waals surface area (Å²) in [5.74, 6) is -0.163. The van der Waals surface area contributed by atoms with Gasteiger partial charge in [-0.1, -0.05) is 26.7 Å². The Balaban J connectivity index is 2.02. The third-order valence-corrected chi connectivity index (χ3v) is 3.71. The molecule has 0 atom stereocenters. The molecule has 1 heterocycles. The Kier molecular flexibility index (Phi) is 4.96. The van der Waals surface area contributed by atoms with Crippen molar-refractivity contribution >= 4 is 16.8 Å². The molecular formula is C16H23N3O2. The number of amides is 1. The smallest absolute Gasteiger partial charge is 0.251 e. The van der Waals surface area contributed by atoms with Crippen molar-refractivity contribution in [1.29, 1.82) is 0 Å². The van der Waals surface area contributed by atoms with Gasteiger partial charge in [-0.2, -0.15) is 5.10 Å². The van der Waals surface area contributed by atoms with Crippen molar-refractivity contribution in [3.05, 3.63) is 30.0 Å². The third-order valence-electron chi connectivity index (χ3n) is 3.71. The standard InChI is InChI=1S/C16H23N3O2/c1-3-7-16(21,8-4-2)11-17-15(20)12-5-6-14-13(9-12)10-18-19-14/h5-6,9-10,21H,3-4,7-8,11H2,1-2H3,(H,17,20)(H,18,19). The Morgan fingerprint density at radius 1 is 1.33 bits per heavy atom. The Bertz CT molecular complexity index is 600. The Labute approximate surface area is 124 Å². The van der Waals surface area contributed by atoms with E-state index >= 15 is 0 Å². The van der Waals surface area contributed by atoms with E-state index in [0.29, 0.717) is 18.4 Å². The molecule has 0 bridgehead atoms. The number of carbonyl (C=O) groups excluding carboxylic acids is 1. The first-order valence-electron chi connectivity index (χ1n) is 7.51. The van der Waals surface area contributed by atoms with E-state index in [1.807, 2.05) is 19.9 Å². The number of hydrogen-bond donors (Lipinski definition) is 3. The van der Waals surface area contributed by atoms with Gasteiger partial charge < -0.3 is 10.4 Å². The van der Waals surface area contributed by atoms with E-state index in [1.165, 1.54) is 0 Å². The molecule has 2 rings (SSSR count). The van der Waals surface area contributed by atoms with E-state index in [9.17, 15) is 9.90 Å². The van der Waals surface area contributed by atoms with E-state index in [-0.39, 0.29) is 12.5 Å². The first-order chi connectivity index (χ1) is 10.1. The molecule has 1 aromatic heterocycles. The van der Waals surface area contributed by atoms with Crippen molar-refractivity contribution in [2.75, 3.05) is 6.54 Å². The average Bonchev–Trinajstić information content (AvgIpc) is 2.92. The molecule has 114 valence electrons. The summed E-state index contributed by atoms with van der Waals surface area (Å²) in [5.41, 5.74) is 0.679. The zero-order valence-corrected chi connectivity index (χ0v) is 12.6. The predicted octanol–water partition coefficient (Wildman–Crippen LogP) is 2.62. The number of aromatic amines is 1. The van der Waals surface area contributed by atoms with Crippen LogP contribution in [0.15, 0.2) is 24.4 Å². The van der Waals surface area contributed by atoms with E-state index < -0.39 is 5.60 Å². The van der Waals surface area contributed by atoms with Crippen LogP contribution >= 0.6 is 0 Å². The lowest BCUT2D eigenvalue weighted by molar-refractivity contribution is 0.0213. The number of aromatic nitrogens is 2. The first-order valence-corrected chi connectivity index (χ1v) is 7.51. The van der Waals surface area contributed by atoms with Crippen molar-refractivity contribution < 1.29 is 9.90 Å². The topological polar surface area (TPSA) is 78.0 Å². The second-order valence-corrected chi connectivity index (χ2v) is 5.58. The predicted molar refractivity (Wildman–Crippen MR) is 83.2 cm³/mol. The SMILES string of the molecule is CCCC(O)(CCC)CNC(=O)c1ccc2[nH]ncc2c1. The number of H-pyrrole nitrogens is 1. The Morgan fingerprint density at radius 3 is 2.71 bits per heavy atom. The molecule has 0 aliphatic heterocycles. The van der Waals surface area contributed by atoms with E-state index in [2.05, 4.69) is 15.5 Å². The van der Waals surface area contributed by atoms with Crippen LogP contribution in [0.2, 0.25) is 0 Å². The molecule has 1 aromatic carbocycles. The maximum absolute atomic E-state index is 12.2. The zero-order chi connectivity index (χ0) is 15.3. The molecule has 2 aromatic rings. The fourth-order valence-electron chi connectivity index (χ4n) is 2.66. The van der Waals surface area contributed by atoms with Crippen molar-refractivity contribution in [3.63, 3.8) is 0 Å². The first kappa shape index (κ1) is 15.5. The number of fused-ring (bicyclic) bond motifs is 1. The maximum atomic E-state index is 12.2. The monoisotopic (exact) mass is 289 g/mol. The van der Waals surface area contributed by atoms with Gasteiger partial charge in [0.05, 0.1) is 17.3 Å². The van der Waals surface area contributed by atoms with E-state index in [4.69, 9.17) is 0 Å². The van der Waals surface area contributed by atoms with Gasteiger partial charge >= 0.3 is 0 Å². The quantitative estimate of drug-likeness (QED) is 0.733. The summed E-state index contributed by atoms with van der Waals surface area (Å²) in [4.78, 5) is 12.2. The summed E-state index contributed by atoms with van der Waals surface area (Å²) < 4.78 is 0. The van der Waals surface area contributed by atoms with E-state index in [1.54, 1.807) is 18.3 Å². The molecule has 0 saturated heterocycles. The van der Waals surface area contributed by atoms with Gasteiger partial charge in [0.1, 0.15) is 0 Å². The minimum atomic E-state index is -0.807. The minimum absolute atomic E-state index is 0.163. The molecular weight excluding hydrogens is 266 g/mol. The lowest BCUT2D eigenvalue weighted by Gasteiger charge is -2.27. The Morgan fingerprint density at radius 2 is 2.05 bits per heavy atom. The second kappa shape index (κ2) is 6.72. The zero-order valence-electron chi connectivity index (χ0n) is 12.6. The highest BCUT2D eigenvalue weighted by Gasteiger charge is 2.25. The van der Waals surface area contributed by atoms with Crippen molar-refractivity contribution in [2.45, 2.75) is 45.1 Å². The number of hydrogen-bond acceptors (Lipinski definition) is 3. The van der Waals surface area contributed by atoms with Crippen LogP contribution in [0.25, 0.3) is 10.9 Å². The number of carbonyl (C=O) groups is 1. The summed E-state index contributed by atoms with van der Waals surface area (Å²) >= 11 is 0. The van der Waals surface area contributed by atoms with Gasteiger partial charge in [-0.25, -0.2) is 0 Å². The second-order valence-electron chi connectivity index (χ2n) is 5.58. The number of nitrogens with zero attached hydrogens (tertiary/aromatic N) is 1. The van der Waals surface area contributed by atoms with Gasteiger partial charge in [-0.15, -0.1) is 0 Å². The Hall–Kier alpha value is -1.88. The molecule has 3 N–H and O–H groups in total. The van der Waals surface area contributed by atoms with Crippen LogP contribution in [0.5, 0.6) is 0 Å². The molecule has 0 radical (unpaired) electrons. The maximum Gasteiger partial charge on any atom is 0.251 e. The molecule has 21 heavy (non-hydrogen) atoms. The van der Waals surface area contributed by atoms with Crippen molar-refractivity contribution in [2.24, 2.45) is 0 Å². The molecule has 5 heteroatoms. The normalized spacial score (nSPS) is 11.8. The summed E-state index contributed by atoms with van der Waals surface area (Å²) in [6.07, 6.45) is 4.88. The van der Waals surface area contributed by atoms with Crippen LogP contribution in [0, 0.1) is 0 Å². The average molecular weight is 289 g/mol. The fraction of sp³-hybridized carbons (Fsp3) is 0.500. The highest BCUT2D eigenvalue weighted by molar-refractivity contribution is 5.97. The van der Waals surface area contributed by atoms with Crippen LogP contribution < -0.4 is 5.32 Å². The fourth-order valence-corrected chi connectivity index (χ4v) is 2.66. The number of aliphatic hydroxyl groups is 1. The molecule has 0 saturated carbocycles. The summed E-state index contributed by atoms with van der Waals surface area (Å²) in [7, 11) is 0. The minimum Gasteiger partial charge on any atom is -0.388 e. The molecule has 5 nitrogen and oxygen atoms in total. The third kappa shape index (κ3) is 3.82. The molecule has 0 spiro atoms. The van der Waals surface area contributed by atoms with Crippen LogP contribution in [-0.4, -0.2) is 33.4 Å². The van der Waals surface area contributed by atoms with E-state index in [0.717, 1.165) is 23.7 Å². The lowest BCUT2D eigenvalue weighted by Crippen LogP contribution is -2.42. The van der Waals surface area contributed by atoms with Gasteiger partial charge in [0.25, 0.3) is 5.91 Å². The number of benzene rings is 1. The van der Waals surface area contributed by atoms with Crippen LogP contribution in [0.1, 0.15) is 49.9 Å². The molecule has 0 aliphatic rings. The van der Waals surface area contributed by atoms with Crippen LogP contribution in [0.4, 0.5) is 0 Å². The van der Waals surface area contributed by atoms with Gasteiger partial charge in [0, 0.05) is 17.5 Å². The summed E-state index contributed by atoms with van der Waals surface area (Å²) in [6.45, 7) is 4.36. The molecule has 0 unspecified atom stereocenters. The summed E-state index contributed by atoms with van der Waals surface area (Å²) in [5, 5.41) is 21.1. The van der Waals surface area contributed by atoms with Crippen LogP contribution in [0.3, 0.4) is 0 Å².